The quantitative estimate of drug-likeness (QED) is 0.135. The van der Waals surface area contributed by atoms with E-state index in [4.69, 9.17) is 0 Å². The monoisotopic (exact) mass is 1090 g/mol. The van der Waals surface area contributed by atoms with Gasteiger partial charge in [-0.2, -0.15) is 154 Å². The highest BCUT2D eigenvalue weighted by Crippen LogP contribution is 2.70. The van der Waals surface area contributed by atoms with E-state index in [1.165, 1.54) is 24.3 Å². The first-order chi connectivity index (χ1) is 30.0. The maximum Gasteiger partial charge on any atom is 0.460 e. The molecule has 2 aromatic carbocycles. The summed E-state index contributed by atoms with van der Waals surface area (Å²) in [6.07, 6.45) is -9.15. The lowest BCUT2D eigenvalue weighted by Gasteiger charge is -2.47. The van der Waals surface area contributed by atoms with Gasteiger partial charge in [-0.25, -0.2) is 0 Å². The first-order valence-electron chi connectivity index (χ1n) is 16.8. The largest absolute Gasteiger partial charge is 0.460 e. The lowest BCUT2D eigenvalue weighted by molar-refractivity contribution is -0.492. The molecule has 0 atom stereocenters. The van der Waals surface area contributed by atoms with Crippen LogP contribution in [0.15, 0.2) is 48.5 Å². The van der Waals surface area contributed by atoms with Crippen molar-refractivity contribution >= 4 is 23.5 Å². The van der Waals surface area contributed by atoms with E-state index in [-0.39, 0.29) is 22.5 Å². The number of halogens is 35. The highest BCUT2D eigenvalue weighted by Gasteiger charge is 3.02. The van der Waals surface area contributed by atoms with E-state index in [1.54, 1.807) is 0 Å². The number of benzene rings is 2. The Labute approximate surface area is 356 Å². The third-order valence-electron chi connectivity index (χ3n) is 9.88. The Hall–Kier alpha value is -4.47. The fraction of sp³-hybridized carbons (Fsp3) is 0.576. The van der Waals surface area contributed by atoms with Gasteiger partial charge in [0.05, 0.1) is 0 Å². The summed E-state index contributed by atoms with van der Waals surface area (Å²) in [7, 11) is 0. The van der Waals surface area contributed by atoms with Gasteiger partial charge in [0.15, 0.2) is 0 Å². The zero-order valence-corrected chi connectivity index (χ0v) is 31.4. The molecule has 0 amide bonds. The van der Waals surface area contributed by atoms with Crippen LogP contribution in [0.3, 0.4) is 0 Å². The van der Waals surface area contributed by atoms with Crippen LogP contribution in [-0.4, -0.2) is 107 Å². The van der Waals surface area contributed by atoms with Crippen molar-refractivity contribution in [3.63, 3.8) is 0 Å². The highest BCUT2D eigenvalue weighted by molar-refractivity contribution is 5.88. The molecule has 1 aliphatic rings. The van der Waals surface area contributed by atoms with Crippen molar-refractivity contribution in [3.05, 3.63) is 59.7 Å². The molecule has 0 saturated carbocycles. The molecular weight excluding hydrogens is 1080 g/mol. The van der Waals surface area contributed by atoms with E-state index in [2.05, 4.69) is 0 Å². The van der Waals surface area contributed by atoms with Gasteiger partial charge < -0.3 is 4.90 Å². The Kier molecular flexibility index (Phi) is 13.7. The second-order valence-electron chi connectivity index (χ2n) is 14.2. The molecule has 1 heterocycles. The van der Waals surface area contributed by atoms with Crippen molar-refractivity contribution in [3.8, 4) is 0 Å². The summed E-state index contributed by atoms with van der Waals surface area (Å²) in [5.74, 6) is -154. The van der Waals surface area contributed by atoms with E-state index < -0.39 is 114 Å². The van der Waals surface area contributed by atoms with E-state index in [9.17, 15) is 154 Å². The molecule has 0 N–H and O–H groups in total. The number of hydrogen-bond acceptors (Lipinski definition) is 1. The topological polar surface area (TPSA) is 3.24 Å². The minimum Gasteiger partial charge on any atom is -0.340 e. The fourth-order valence-corrected chi connectivity index (χ4v) is 5.68. The molecule has 0 unspecified atom stereocenters. The van der Waals surface area contributed by atoms with Crippen molar-refractivity contribution in [2.45, 2.75) is 107 Å². The second kappa shape index (κ2) is 16.0. The molecule has 0 bridgehead atoms. The lowest BCUT2D eigenvalue weighted by Crippen LogP contribution is -2.80. The van der Waals surface area contributed by atoms with E-state index >= 15 is 0 Å². The summed E-state index contributed by atoms with van der Waals surface area (Å²) < 4.78 is 490. The molecule has 1 nitrogen and oxygen atoms in total. The fourth-order valence-electron chi connectivity index (χ4n) is 5.68. The number of para-hydroxylation sites is 2. The van der Waals surface area contributed by atoms with E-state index in [0.29, 0.717) is 4.90 Å². The minimum absolute atomic E-state index is 0.0580. The summed E-state index contributed by atoms with van der Waals surface area (Å²) >= 11 is 0. The van der Waals surface area contributed by atoms with Crippen molar-refractivity contribution in [1.82, 2.24) is 0 Å². The van der Waals surface area contributed by atoms with Crippen LogP contribution in [0.2, 0.25) is 0 Å². The average molecular weight is 1090 g/mol. The summed E-state index contributed by atoms with van der Waals surface area (Å²) in [6, 6.07) is 8.82. The molecule has 3 rings (SSSR count). The number of fused-ring (bicyclic) bond motifs is 2. The first-order valence-corrected chi connectivity index (χ1v) is 16.8. The molecule has 2 aromatic rings. The number of nitrogens with zero attached hydrogens (tertiary/aromatic N) is 1. The van der Waals surface area contributed by atoms with Crippen LogP contribution in [0, 0.1) is 0 Å². The normalized spacial score (nSPS) is 16.7. The van der Waals surface area contributed by atoms with Crippen LogP contribution < -0.4 is 4.90 Å². The Bertz CT molecular complexity index is 2180. The van der Waals surface area contributed by atoms with Gasteiger partial charge >= 0.3 is 101 Å². The average Bonchev–Trinajstić information content (AvgIpc) is 3.35. The van der Waals surface area contributed by atoms with Crippen LogP contribution in [0.4, 0.5) is 165 Å². The summed E-state index contributed by atoms with van der Waals surface area (Å²) in [5.41, 5.74) is -0.825. The zero-order valence-electron chi connectivity index (χ0n) is 31.4. The van der Waals surface area contributed by atoms with Gasteiger partial charge in [-0.3, -0.25) is 0 Å². The minimum atomic E-state index is -10.3. The first kappa shape index (κ1) is 58.8. The lowest BCUT2D eigenvalue weighted by atomic mass is 9.82. The highest BCUT2D eigenvalue weighted by atomic mass is 19.4. The van der Waals surface area contributed by atoms with E-state index in [0.717, 1.165) is 36.4 Å². The van der Waals surface area contributed by atoms with Crippen LogP contribution in [-0.2, 0) is 0 Å². The molecule has 0 fully saturated rings. The maximum atomic E-state index is 14.9. The smallest absolute Gasteiger partial charge is 0.340 e. The van der Waals surface area contributed by atoms with Gasteiger partial charge in [-0.1, -0.05) is 48.6 Å². The molecule has 1 aliphatic heterocycles. The van der Waals surface area contributed by atoms with Crippen LogP contribution >= 0.6 is 0 Å². The third kappa shape index (κ3) is 7.38. The Balaban J connectivity index is 2.13. The van der Waals surface area contributed by atoms with Crippen LogP contribution in [0.25, 0.3) is 12.2 Å². The third-order valence-corrected chi connectivity index (χ3v) is 9.88. The van der Waals surface area contributed by atoms with Gasteiger partial charge in [0.25, 0.3) is 0 Å². The summed E-state index contributed by atoms with van der Waals surface area (Å²) in [4.78, 5) is 0.486. The molecular formula is C33H14F35N. The molecule has 0 radical (unpaired) electrons. The Morgan fingerprint density at radius 1 is 0.261 bits per heavy atom. The zero-order chi connectivity index (χ0) is 54.9. The van der Waals surface area contributed by atoms with Gasteiger partial charge in [-0.05, 0) is 23.3 Å². The van der Waals surface area contributed by atoms with Crippen LogP contribution in [0.1, 0.15) is 17.5 Å². The second-order valence-corrected chi connectivity index (χ2v) is 14.2. The van der Waals surface area contributed by atoms with Gasteiger partial charge in [0, 0.05) is 24.3 Å². The van der Waals surface area contributed by atoms with Gasteiger partial charge in [0.1, 0.15) is 0 Å². The molecule has 69 heavy (non-hydrogen) atoms. The summed E-state index contributed by atoms with van der Waals surface area (Å²) in [6.45, 7) is -1.88. The van der Waals surface area contributed by atoms with Crippen molar-refractivity contribution in [1.29, 1.82) is 0 Å². The maximum absolute atomic E-state index is 14.9. The molecule has 36 heteroatoms. The van der Waals surface area contributed by atoms with Gasteiger partial charge in [-0.15, -0.1) is 0 Å². The van der Waals surface area contributed by atoms with Crippen LogP contribution in [0.5, 0.6) is 0 Å². The number of hydrogen-bond donors (Lipinski definition) is 0. The van der Waals surface area contributed by atoms with E-state index in [1.807, 2.05) is 0 Å². The number of anilines is 2. The van der Waals surface area contributed by atoms with Gasteiger partial charge in [0.2, 0.25) is 0 Å². The molecule has 0 aliphatic carbocycles. The van der Waals surface area contributed by atoms with Crippen molar-refractivity contribution in [2.75, 3.05) is 11.4 Å². The SMILES string of the molecule is FC(F)(F)C(F)(F)C(F)(F)C(F)(F)C(F)(F)C(F)(F)C(F)(F)C(F)(F)C(F)(F)C(F)(F)C(F)(F)C(F)(F)C(F)(F)C(F)(F)C(F)(F)C(F)(F)C(F)(F)CCN1c2ccccc2C=Cc2ccccc21. The van der Waals surface area contributed by atoms with Crippen molar-refractivity contribution < 1.29 is 154 Å². The molecule has 0 spiro atoms. The number of rotatable bonds is 18. The summed E-state index contributed by atoms with van der Waals surface area (Å²) in [5, 5.41) is 0. The molecule has 0 aromatic heterocycles. The molecule has 0 saturated heterocycles. The predicted octanol–water partition coefficient (Wildman–Crippen LogP) is 15.4. The number of alkyl halides is 35. The Morgan fingerprint density at radius 2 is 0.464 bits per heavy atom. The Morgan fingerprint density at radius 3 is 0.696 bits per heavy atom. The molecule has 396 valence electrons. The standard InChI is InChI=1S/C33H14F35N/c34-17(35,11-12-69-15-7-3-1-5-13(15)9-10-14-6-2-4-8-16(14)69)18(36,37)19(38,39)20(40,41)21(42,43)22(44,45)23(46,47)24(48,49)25(50,51)26(52,53)27(54,55)28(56,57)29(58,59)30(60,61)31(62,63)32(64,65)33(66,67)68/h1-10H,11-12H2. The van der Waals surface area contributed by atoms with Crippen molar-refractivity contribution in [2.24, 2.45) is 0 Å². The predicted molar refractivity (Wildman–Crippen MR) is 159 cm³/mol.